The largest absolute Gasteiger partial charge is 0.317 e. The molecule has 1 aliphatic heterocycles. The van der Waals surface area contributed by atoms with Gasteiger partial charge < -0.3 is 5.32 Å². The van der Waals surface area contributed by atoms with E-state index >= 15 is 0 Å². The average molecular weight is 221 g/mol. The molecule has 0 bridgehead atoms. The van der Waals surface area contributed by atoms with Crippen LogP contribution >= 0.6 is 0 Å². The molecule has 0 spiro atoms. The van der Waals surface area contributed by atoms with Gasteiger partial charge in [-0.3, -0.25) is 5.32 Å². The first-order valence-corrected chi connectivity index (χ1v) is 6.74. The Labute approximate surface area is 98.6 Å². The number of hydrogen-bond acceptors (Lipinski definition) is 3. The third-order valence-corrected chi connectivity index (χ3v) is 4.01. The number of nitriles is 1. The molecule has 0 radical (unpaired) electrons. The van der Waals surface area contributed by atoms with E-state index in [1.807, 2.05) is 0 Å². The molecule has 0 aromatic carbocycles. The first kappa shape index (κ1) is 11.9. The lowest BCUT2D eigenvalue weighted by Gasteiger charge is -2.35. The smallest absolute Gasteiger partial charge is 0.109 e. The molecule has 1 aliphatic carbocycles. The van der Waals surface area contributed by atoms with Crippen molar-refractivity contribution in [3.8, 4) is 6.07 Å². The second-order valence-electron chi connectivity index (χ2n) is 5.28. The highest BCUT2D eigenvalue weighted by Gasteiger charge is 2.33. The Morgan fingerprint density at radius 2 is 1.69 bits per heavy atom. The lowest BCUT2D eigenvalue weighted by molar-refractivity contribution is 0.266. The van der Waals surface area contributed by atoms with Gasteiger partial charge >= 0.3 is 0 Å². The zero-order valence-electron chi connectivity index (χ0n) is 10.1. The highest BCUT2D eigenvalue weighted by molar-refractivity contribution is 5.10. The highest BCUT2D eigenvalue weighted by atomic mass is 15.0. The average Bonchev–Trinajstić information content (AvgIpc) is 2.59. The predicted octanol–water partition coefficient (Wildman–Crippen LogP) is 1.94. The molecule has 90 valence electrons. The summed E-state index contributed by atoms with van der Waals surface area (Å²) in [4.78, 5) is 0. The van der Waals surface area contributed by atoms with E-state index < -0.39 is 0 Å². The minimum Gasteiger partial charge on any atom is -0.317 e. The van der Waals surface area contributed by atoms with Crippen molar-refractivity contribution in [2.24, 2.45) is 0 Å². The van der Waals surface area contributed by atoms with Gasteiger partial charge in [0.05, 0.1) is 6.07 Å². The van der Waals surface area contributed by atoms with Crippen LogP contribution in [0.5, 0.6) is 0 Å². The van der Waals surface area contributed by atoms with Gasteiger partial charge in [0.2, 0.25) is 0 Å². The lowest BCUT2D eigenvalue weighted by atomic mass is 9.88. The van der Waals surface area contributed by atoms with Gasteiger partial charge in [0.25, 0.3) is 0 Å². The molecule has 0 aromatic heterocycles. The van der Waals surface area contributed by atoms with Crippen molar-refractivity contribution in [3.63, 3.8) is 0 Å². The Bertz CT molecular complexity index is 242. The fourth-order valence-corrected chi connectivity index (χ4v) is 2.96. The fourth-order valence-electron chi connectivity index (χ4n) is 2.96. The maximum absolute atomic E-state index is 9.40. The monoisotopic (exact) mass is 221 g/mol. The maximum atomic E-state index is 9.40. The van der Waals surface area contributed by atoms with Crippen molar-refractivity contribution in [1.82, 2.24) is 10.6 Å². The summed E-state index contributed by atoms with van der Waals surface area (Å²) in [6.07, 6.45) is 9.85. The molecule has 0 unspecified atom stereocenters. The van der Waals surface area contributed by atoms with Gasteiger partial charge in [-0.2, -0.15) is 5.26 Å². The van der Waals surface area contributed by atoms with Crippen LogP contribution in [0.1, 0.15) is 51.4 Å². The normalized spacial score (nSPS) is 26.9. The molecule has 2 aliphatic rings. The van der Waals surface area contributed by atoms with E-state index in [4.69, 9.17) is 0 Å². The predicted molar refractivity (Wildman–Crippen MR) is 65.1 cm³/mol. The van der Waals surface area contributed by atoms with E-state index in [2.05, 4.69) is 16.7 Å². The molecular formula is C13H23N3. The molecule has 1 heterocycles. The summed E-state index contributed by atoms with van der Waals surface area (Å²) >= 11 is 0. The Morgan fingerprint density at radius 3 is 2.25 bits per heavy atom. The molecule has 2 fully saturated rings. The van der Waals surface area contributed by atoms with E-state index in [1.54, 1.807) is 0 Å². The van der Waals surface area contributed by atoms with E-state index in [0.29, 0.717) is 6.04 Å². The molecule has 0 aromatic rings. The molecule has 1 saturated heterocycles. The van der Waals surface area contributed by atoms with E-state index in [-0.39, 0.29) is 5.54 Å². The molecule has 16 heavy (non-hydrogen) atoms. The van der Waals surface area contributed by atoms with Crippen LogP contribution in [0.3, 0.4) is 0 Å². The Morgan fingerprint density at radius 1 is 1.06 bits per heavy atom. The second-order valence-corrected chi connectivity index (χ2v) is 5.28. The third-order valence-electron chi connectivity index (χ3n) is 4.01. The topological polar surface area (TPSA) is 47.9 Å². The van der Waals surface area contributed by atoms with Gasteiger partial charge in [0.15, 0.2) is 0 Å². The van der Waals surface area contributed by atoms with Crippen LogP contribution in [0.15, 0.2) is 0 Å². The molecule has 1 saturated carbocycles. The van der Waals surface area contributed by atoms with Crippen LogP contribution in [0.25, 0.3) is 0 Å². The van der Waals surface area contributed by atoms with Crippen molar-refractivity contribution in [3.05, 3.63) is 0 Å². The van der Waals surface area contributed by atoms with Gasteiger partial charge in [0, 0.05) is 6.04 Å². The molecule has 3 heteroatoms. The van der Waals surface area contributed by atoms with Crippen LogP contribution in [-0.2, 0) is 0 Å². The van der Waals surface area contributed by atoms with Gasteiger partial charge in [-0.05, 0) is 38.8 Å². The standard InChI is InChI=1S/C13H23N3/c14-11-13(7-9-15-10-8-13)16-12-5-3-1-2-4-6-12/h12,15-16H,1-10H2. The zero-order chi connectivity index (χ0) is 11.3. The van der Waals surface area contributed by atoms with Crippen molar-refractivity contribution in [1.29, 1.82) is 5.26 Å². The molecule has 2 rings (SSSR count). The summed E-state index contributed by atoms with van der Waals surface area (Å²) in [6.45, 7) is 1.96. The number of hydrogen-bond donors (Lipinski definition) is 2. The van der Waals surface area contributed by atoms with E-state index in [0.717, 1.165) is 25.9 Å². The van der Waals surface area contributed by atoms with Crippen molar-refractivity contribution >= 4 is 0 Å². The SMILES string of the molecule is N#CC1(NC2CCCCCC2)CCNCC1. The first-order valence-electron chi connectivity index (χ1n) is 6.74. The first-order chi connectivity index (χ1) is 7.85. The molecule has 2 N–H and O–H groups in total. The molecular weight excluding hydrogens is 198 g/mol. The highest BCUT2D eigenvalue weighted by Crippen LogP contribution is 2.23. The quantitative estimate of drug-likeness (QED) is 0.701. The minimum absolute atomic E-state index is 0.236. The van der Waals surface area contributed by atoms with E-state index in [1.165, 1.54) is 38.5 Å². The van der Waals surface area contributed by atoms with Crippen LogP contribution in [0, 0.1) is 11.3 Å². The van der Waals surface area contributed by atoms with Crippen LogP contribution < -0.4 is 10.6 Å². The van der Waals surface area contributed by atoms with Gasteiger partial charge in [-0.15, -0.1) is 0 Å². The zero-order valence-corrected chi connectivity index (χ0v) is 10.1. The summed E-state index contributed by atoms with van der Waals surface area (Å²) in [6, 6.07) is 3.12. The summed E-state index contributed by atoms with van der Waals surface area (Å²) in [5, 5.41) is 16.4. The Hall–Kier alpha value is -0.590. The van der Waals surface area contributed by atoms with Gasteiger partial charge in [-0.1, -0.05) is 25.7 Å². The summed E-state index contributed by atoms with van der Waals surface area (Å²) in [5.74, 6) is 0. The van der Waals surface area contributed by atoms with Gasteiger partial charge in [0.1, 0.15) is 5.54 Å². The second kappa shape index (κ2) is 5.65. The van der Waals surface area contributed by atoms with Crippen LogP contribution in [0.4, 0.5) is 0 Å². The molecule has 3 nitrogen and oxygen atoms in total. The van der Waals surface area contributed by atoms with Gasteiger partial charge in [-0.25, -0.2) is 0 Å². The van der Waals surface area contributed by atoms with Crippen LogP contribution in [0.2, 0.25) is 0 Å². The number of nitrogens with one attached hydrogen (secondary N) is 2. The maximum Gasteiger partial charge on any atom is 0.109 e. The number of nitrogens with zero attached hydrogens (tertiary/aromatic N) is 1. The van der Waals surface area contributed by atoms with Crippen LogP contribution in [-0.4, -0.2) is 24.7 Å². The van der Waals surface area contributed by atoms with E-state index in [9.17, 15) is 5.26 Å². The Kier molecular flexibility index (Phi) is 4.20. The summed E-state index contributed by atoms with van der Waals surface area (Å²) in [5.41, 5.74) is -0.236. The fraction of sp³-hybridized carbons (Fsp3) is 0.923. The van der Waals surface area contributed by atoms with Crippen molar-refractivity contribution in [2.75, 3.05) is 13.1 Å². The third kappa shape index (κ3) is 2.96. The molecule has 0 atom stereocenters. The summed E-state index contributed by atoms with van der Waals surface area (Å²) in [7, 11) is 0. The lowest BCUT2D eigenvalue weighted by Crippen LogP contribution is -2.54. The number of rotatable bonds is 2. The number of piperidine rings is 1. The summed E-state index contributed by atoms with van der Waals surface area (Å²) < 4.78 is 0. The minimum atomic E-state index is -0.236. The molecule has 0 amide bonds. The van der Waals surface area contributed by atoms with Crippen molar-refractivity contribution in [2.45, 2.75) is 62.9 Å². The van der Waals surface area contributed by atoms with Crippen molar-refractivity contribution < 1.29 is 0 Å². The Balaban J connectivity index is 1.92.